The van der Waals surface area contributed by atoms with Crippen LogP contribution < -0.4 is 5.73 Å². The molecule has 0 aliphatic heterocycles. The van der Waals surface area contributed by atoms with Crippen LogP contribution in [0.4, 0.5) is 4.39 Å². The summed E-state index contributed by atoms with van der Waals surface area (Å²) in [6, 6.07) is 4.35. The van der Waals surface area contributed by atoms with Gasteiger partial charge in [0.15, 0.2) is 0 Å². The molecule has 96 valence electrons. The fraction of sp³-hybridized carbons (Fsp3) is 0.385. The number of hydrogen-bond donors (Lipinski definition) is 1. The molecule has 1 atom stereocenters. The largest absolute Gasteiger partial charge is 0.319 e. The predicted octanol–water partition coefficient (Wildman–Crippen LogP) is 2.99. The van der Waals surface area contributed by atoms with Gasteiger partial charge in [-0.05, 0) is 48.1 Å². The number of aryl methyl sites for hydroxylation is 2. The van der Waals surface area contributed by atoms with E-state index < -0.39 is 0 Å². The highest BCUT2D eigenvalue weighted by Gasteiger charge is 2.19. The Hall–Kier alpha value is -1.33. The minimum Gasteiger partial charge on any atom is -0.319 e. The summed E-state index contributed by atoms with van der Waals surface area (Å²) >= 11 is 1.30. The first-order valence-corrected chi connectivity index (χ1v) is 6.73. The van der Waals surface area contributed by atoms with Crippen molar-refractivity contribution in [3.8, 4) is 0 Å². The molecule has 1 aromatic heterocycles. The monoisotopic (exact) mass is 265 g/mol. The second-order valence-corrected chi connectivity index (χ2v) is 5.10. The number of halogens is 1. The zero-order chi connectivity index (χ0) is 13.1. The summed E-state index contributed by atoms with van der Waals surface area (Å²) in [6.07, 6.45) is 1.85. The smallest absolute Gasteiger partial charge is 0.123 e. The maximum Gasteiger partial charge on any atom is 0.123 e. The third-order valence-corrected chi connectivity index (χ3v) is 3.78. The van der Waals surface area contributed by atoms with Crippen molar-refractivity contribution in [2.24, 2.45) is 5.73 Å². The van der Waals surface area contributed by atoms with Gasteiger partial charge in [-0.3, -0.25) is 0 Å². The fourth-order valence-electron chi connectivity index (χ4n) is 1.95. The van der Waals surface area contributed by atoms with Crippen molar-refractivity contribution in [1.29, 1.82) is 0 Å². The van der Waals surface area contributed by atoms with Gasteiger partial charge in [-0.15, -0.1) is 5.10 Å². The summed E-state index contributed by atoms with van der Waals surface area (Å²) in [4.78, 5) is 0.936. The summed E-state index contributed by atoms with van der Waals surface area (Å²) in [6.45, 7) is 4.02. The molecule has 0 bridgehead atoms. The first kappa shape index (κ1) is 13.1. The summed E-state index contributed by atoms with van der Waals surface area (Å²) in [5.74, 6) is -0.263. The minimum atomic E-state index is -0.345. The topological polar surface area (TPSA) is 51.8 Å². The number of nitrogens with two attached hydrogens (primary N) is 1. The lowest BCUT2D eigenvalue weighted by atomic mass is 9.99. The van der Waals surface area contributed by atoms with Gasteiger partial charge in [-0.2, -0.15) is 0 Å². The molecular formula is C13H16FN3S. The lowest BCUT2D eigenvalue weighted by Crippen LogP contribution is -2.14. The second kappa shape index (κ2) is 5.54. The fourth-order valence-corrected chi connectivity index (χ4v) is 2.67. The van der Waals surface area contributed by atoms with Crippen LogP contribution in [0.3, 0.4) is 0 Å². The summed E-state index contributed by atoms with van der Waals surface area (Å²) in [7, 11) is 0. The van der Waals surface area contributed by atoms with Crippen molar-refractivity contribution < 1.29 is 4.39 Å². The van der Waals surface area contributed by atoms with Gasteiger partial charge in [-0.25, -0.2) is 4.39 Å². The highest BCUT2D eigenvalue weighted by atomic mass is 32.1. The summed E-state index contributed by atoms with van der Waals surface area (Å²) < 4.78 is 17.3. The van der Waals surface area contributed by atoms with Gasteiger partial charge in [-0.1, -0.05) is 23.9 Å². The van der Waals surface area contributed by atoms with Gasteiger partial charge < -0.3 is 5.73 Å². The van der Waals surface area contributed by atoms with Crippen molar-refractivity contribution in [2.45, 2.75) is 32.7 Å². The van der Waals surface area contributed by atoms with Crippen molar-refractivity contribution >= 4 is 11.5 Å². The molecule has 0 spiro atoms. The maximum absolute atomic E-state index is 13.3. The Kier molecular flexibility index (Phi) is 4.04. The van der Waals surface area contributed by atoms with Crippen LogP contribution in [0.1, 0.15) is 41.1 Å². The molecule has 1 unspecified atom stereocenters. The molecule has 0 fully saturated rings. The molecule has 1 aromatic carbocycles. The lowest BCUT2D eigenvalue weighted by molar-refractivity contribution is 0.622. The van der Waals surface area contributed by atoms with Crippen LogP contribution in [-0.4, -0.2) is 9.59 Å². The molecule has 2 aromatic rings. The van der Waals surface area contributed by atoms with Crippen molar-refractivity contribution in [1.82, 2.24) is 9.59 Å². The normalized spacial score (nSPS) is 12.7. The van der Waals surface area contributed by atoms with Crippen LogP contribution >= 0.6 is 11.5 Å². The van der Waals surface area contributed by atoms with E-state index >= 15 is 0 Å². The molecule has 18 heavy (non-hydrogen) atoms. The van der Waals surface area contributed by atoms with Crippen molar-refractivity contribution in [2.75, 3.05) is 0 Å². The lowest BCUT2D eigenvalue weighted by Gasteiger charge is -2.14. The molecule has 5 heteroatoms. The molecule has 0 radical (unpaired) electrons. The molecule has 0 saturated heterocycles. The van der Waals surface area contributed by atoms with Gasteiger partial charge in [0.05, 0.1) is 16.6 Å². The highest BCUT2D eigenvalue weighted by Crippen LogP contribution is 2.28. The number of rotatable bonds is 4. The van der Waals surface area contributed by atoms with E-state index in [0.717, 1.165) is 34.5 Å². The Labute approximate surface area is 110 Å². The Bertz CT molecular complexity index is 539. The van der Waals surface area contributed by atoms with Crippen LogP contribution in [0, 0.1) is 12.7 Å². The average Bonchev–Trinajstić information content (AvgIpc) is 2.80. The number of benzene rings is 1. The van der Waals surface area contributed by atoms with Gasteiger partial charge in [0.1, 0.15) is 5.82 Å². The van der Waals surface area contributed by atoms with Crippen LogP contribution in [0.2, 0.25) is 0 Å². The summed E-state index contributed by atoms with van der Waals surface area (Å²) in [5, 5.41) is 4.10. The van der Waals surface area contributed by atoms with E-state index in [4.69, 9.17) is 5.73 Å². The van der Waals surface area contributed by atoms with Crippen LogP contribution in [0.15, 0.2) is 18.2 Å². The van der Waals surface area contributed by atoms with Gasteiger partial charge in [0.2, 0.25) is 0 Å². The molecule has 2 N–H and O–H groups in total. The van der Waals surface area contributed by atoms with Crippen LogP contribution in [0.25, 0.3) is 0 Å². The number of nitrogens with zero attached hydrogens (tertiary/aromatic N) is 2. The molecule has 2 rings (SSSR count). The highest BCUT2D eigenvalue weighted by molar-refractivity contribution is 7.05. The van der Waals surface area contributed by atoms with Gasteiger partial charge in [0.25, 0.3) is 0 Å². The van der Waals surface area contributed by atoms with Gasteiger partial charge >= 0.3 is 0 Å². The first-order chi connectivity index (χ1) is 8.63. The van der Waals surface area contributed by atoms with Crippen LogP contribution in [-0.2, 0) is 6.42 Å². The maximum atomic E-state index is 13.3. The third kappa shape index (κ3) is 2.57. The molecule has 0 saturated carbocycles. The molecule has 1 heterocycles. The van der Waals surface area contributed by atoms with E-state index in [1.807, 2.05) is 6.92 Å². The number of aromatic nitrogens is 2. The molecule has 0 aliphatic carbocycles. The van der Waals surface area contributed by atoms with E-state index in [0.29, 0.717) is 0 Å². The molecule has 0 amide bonds. The second-order valence-electron chi connectivity index (χ2n) is 4.31. The van der Waals surface area contributed by atoms with E-state index in [1.165, 1.54) is 23.7 Å². The van der Waals surface area contributed by atoms with E-state index in [1.54, 1.807) is 6.07 Å². The molecule has 3 nitrogen and oxygen atoms in total. The van der Waals surface area contributed by atoms with E-state index in [9.17, 15) is 4.39 Å². The van der Waals surface area contributed by atoms with Gasteiger partial charge in [0, 0.05) is 0 Å². The van der Waals surface area contributed by atoms with Crippen LogP contribution in [0.5, 0.6) is 0 Å². The standard InChI is InChI=1S/C13H16FN3S/c1-3-4-11-13(18-17-16-11)12(15)10-7-9(14)6-5-8(10)2/h5-7,12H,3-4,15H2,1-2H3. The third-order valence-electron chi connectivity index (χ3n) is 2.93. The van der Waals surface area contributed by atoms with Crippen molar-refractivity contribution in [3.05, 3.63) is 45.7 Å². The molecule has 0 aliphatic rings. The van der Waals surface area contributed by atoms with E-state index in [2.05, 4.69) is 16.5 Å². The summed E-state index contributed by atoms with van der Waals surface area (Å²) in [5.41, 5.74) is 8.94. The van der Waals surface area contributed by atoms with Crippen molar-refractivity contribution in [3.63, 3.8) is 0 Å². The number of hydrogen-bond acceptors (Lipinski definition) is 4. The Morgan fingerprint density at radius 3 is 2.94 bits per heavy atom. The Morgan fingerprint density at radius 2 is 2.22 bits per heavy atom. The SMILES string of the molecule is CCCc1nnsc1C(N)c1cc(F)ccc1C. The minimum absolute atomic E-state index is 0.263. The average molecular weight is 265 g/mol. The Balaban J connectivity index is 2.38. The quantitative estimate of drug-likeness (QED) is 0.924. The zero-order valence-electron chi connectivity index (χ0n) is 10.5. The first-order valence-electron chi connectivity index (χ1n) is 5.96. The zero-order valence-corrected chi connectivity index (χ0v) is 11.3. The predicted molar refractivity (Wildman–Crippen MR) is 71.1 cm³/mol. The molecular weight excluding hydrogens is 249 g/mol. The van der Waals surface area contributed by atoms with E-state index in [-0.39, 0.29) is 11.9 Å². The Morgan fingerprint density at radius 1 is 1.44 bits per heavy atom.